The van der Waals surface area contributed by atoms with E-state index in [1.807, 2.05) is 12.1 Å². The third-order valence-corrected chi connectivity index (χ3v) is 7.81. The van der Waals surface area contributed by atoms with Crippen LogP contribution in [0.3, 0.4) is 0 Å². The molecule has 4 rings (SSSR count). The number of benzene rings is 1. The summed E-state index contributed by atoms with van der Waals surface area (Å²) in [5.41, 5.74) is 3.20. The first-order chi connectivity index (χ1) is 14.2. The van der Waals surface area contributed by atoms with Crippen molar-refractivity contribution in [2.75, 3.05) is 46.0 Å². The summed E-state index contributed by atoms with van der Waals surface area (Å²) in [6, 6.07) is 12.9. The summed E-state index contributed by atoms with van der Waals surface area (Å²) in [4.78, 5) is 5.03. The number of furan rings is 1. The van der Waals surface area contributed by atoms with Gasteiger partial charge in [0.05, 0.1) is 19.3 Å². The lowest BCUT2D eigenvalue weighted by atomic mass is 9.94. The molecule has 6 nitrogen and oxygen atoms in total. The molecule has 1 aromatic carbocycles. The zero-order valence-electron chi connectivity index (χ0n) is 18.7. The fourth-order valence-corrected chi connectivity index (χ4v) is 4.64. The van der Waals surface area contributed by atoms with E-state index in [1.54, 1.807) is 7.05 Å². The Kier molecular flexibility index (Phi) is 7.54. The summed E-state index contributed by atoms with van der Waals surface area (Å²) in [5, 5.41) is 0. The Morgan fingerprint density at radius 1 is 0.968 bits per heavy atom. The number of hydrogen-bond acceptors (Lipinski definition) is 5. The van der Waals surface area contributed by atoms with Crippen LogP contribution in [0.4, 0.5) is 0 Å². The van der Waals surface area contributed by atoms with Crippen molar-refractivity contribution in [3.63, 3.8) is 0 Å². The first kappa shape index (κ1) is 24.3. The minimum absolute atomic E-state index is 0. The van der Waals surface area contributed by atoms with Gasteiger partial charge in [0, 0.05) is 45.2 Å². The van der Waals surface area contributed by atoms with Crippen LogP contribution in [0, 0.1) is 6.92 Å². The zero-order chi connectivity index (χ0) is 21.4. The molecule has 0 atom stereocenters. The molecule has 172 valence electrons. The van der Waals surface area contributed by atoms with Gasteiger partial charge in [-0.1, -0.05) is 29.8 Å². The monoisotopic (exact) mass is 467 g/mol. The van der Waals surface area contributed by atoms with E-state index in [-0.39, 0.29) is 19.0 Å². The first-order valence-corrected chi connectivity index (χ1v) is 12.6. The SMILES string of the molecule is Cc1ccc(C2(CN3CCN(Cc4ccc(CN(C)S(C)(=O)=O)o4)CC3)CC2)cc1.Cl. The highest BCUT2D eigenvalue weighted by Gasteiger charge is 2.45. The number of nitrogens with zero attached hydrogens (tertiary/aromatic N) is 3. The highest BCUT2D eigenvalue weighted by Crippen LogP contribution is 2.48. The number of sulfonamides is 1. The van der Waals surface area contributed by atoms with Crippen LogP contribution in [0.25, 0.3) is 0 Å². The van der Waals surface area contributed by atoms with Crippen molar-refractivity contribution in [2.45, 2.75) is 38.3 Å². The zero-order valence-corrected chi connectivity index (χ0v) is 20.3. The highest BCUT2D eigenvalue weighted by molar-refractivity contribution is 7.88. The van der Waals surface area contributed by atoms with Crippen LogP contribution in [0.15, 0.2) is 40.8 Å². The van der Waals surface area contributed by atoms with Gasteiger partial charge in [0.1, 0.15) is 11.5 Å². The summed E-state index contributed by atoms with van der Waals surface area (Å²) in [7, 11) is -1.63. The standard InChI is InChI=1S/C23H33N3O3S.ClH/c1-19-4-6-20(7-5-19)23(10-11-23)18-26-14-12-25(13-15-26)17-22-9-8-21(29-22)16-24(2)30(3,27)28;/h4-9H,10-18H2,1-3H3;1H. The van der Waals surface area contributed by atoms with Gasteiger partial charge >= 0.3 is 0 Å². The molecule has 1 aliphatic carbocycles. The lowest BCUT2D eigenvalue weighted by Crippen LogP contribution is -2.48. The summed E-state index contributed by atoms with van der Waals surface area (Å²) in [6.45, 7) is 8.58. The van der Waals surface area contributed by atoms with Gasteiger partial charge in [0.25, 0.3) is 0 Å². The fraction of sp³-hybridized carbons (Fsp3) is 0.565. The van der Waals surface area contributed by atoms with E-state index in [0.29, 0.717) is 11.2 Å². The molecule has 1 saturated carbocycles. The molecule has 0 radical (unpaired) electrons. The lowest BCUT2D eigenvalue weighted by molar-refractivity contribution is 0.112. The predicted octanol–water partition coefficient (Wildman–Crippen LogP) is 3.25. The molecule has 2 aromatic rings. The van der Waals surface area contributed by atoms with E-state index in [0.717, 1.165) is 45.0 Å². The molecule has 1 aromatic heterocycles. The van der Waals surface area contributed by atoms with E-state index in [1.165, 1.54) is 34.5 Å². The fourth-order valence-electron chi connectivity index (χ4n) is 4.28. The quantitative estimate of drug-likeness (QED) is 0.596. The Bertz CT molecular complexity index is 962. The van der Waals surface area contributed by atoms with Gasteiger partial charge in [-0.05, 0) is 37.5 Å². The van der Waals surface area contributed by atoms with Crippen LogP contribution >= 0.6 is 12.4 Å². The molecule has 31 heavy (non-hydrogen) atoms. The summed E-state index contributed by atoms with van der Waals surface area (Å²) in [6.07, 6.45) is 3.81. The topological polar surface area (TPSA) is 57.0 Å². The van der Waals surface area contributed by atoms with Gasteiger partial charge in [0.15, 0.2) is 0 Å². The van der Waals surface area contributed by atoms with E-state index in [2.05, 4.69) is 41.0 Å². The van der Waals surface area contributed by atoms with E-state index >= 15 is 0 Å². The molecule has 8 heteroatoms. The Labute approximate surface area is 192 Å². The number of hydrogen-bond donors (Lipinski definition) is 0. The highest BCUT2D eigenvalue weighted by atomic mass is 35.5. The van der Waals surface area contributed by atoms with Gasteiger partial charge in [0.2, 0.25) is 10.0 Å². The Hall–Kier alpha value is -1.38. The molecule has 1 aliphatic heterocycles. The first-order valence-electron chi connectivity index (χ1n) is 10.7. The van der Waals surface area contributed by atoms with Crippen molar-refractivity contribution in [1.29, 1.82) is 0 Å². The van der Waals surface area contributed by atoms with Crippen molar-refractivity contribution in [3.8, 4) is 0 Å². The molecule has 0 bridgehead atoms. The van der Waals surface area contributed by atoms with Crippen molar-refractivity contribution in [1.82, 2.24) is 14.1 Å². The summed E-state index contributed by atoms with van der Waals surface area (Å²) in [5.74, 6) is 1.59. The van der Waals surface area contributed by atoms with Crippen molar-refractivity contribution in [2.24, 2.45) is 0 Å². The molecular formula is C23H34ClN3O3S. The number of halogens is 1. The molecular weight excluding hydrogens is 434 g/mol. The molecule has 0 N–H and O–H groups in total. The maximum atomic E-state index is 11.6. The Morgan fingerprint density at radius 3 is 2.13 bits per heavy atom. The van der Waals surface area contributed by atoms with Crippen LogP contribution in [-0.2, 0) is 28.5 Å². The Morgan fingerprint density at radius 2 is 1.55 bits per heavy atom. The van der Waals surface area contributed by atoms with Crippen LogP contribution in [-0.4, -0.2) is 68.6 Å². The summed E-state index contributed by atoms with van der Waals surface area (Å²) < 4.78 is 30.3. The smallest absolute Gasteiger partial charge is 0.211 e. The molecule has 2 heterocycles. The third kappa shape index (κ3) is 6.11. The summed E-state index contributed by atoms with van der Waals surface area (Å²) >= 11 is 0. The third-order valence-electron chi connectivity index (χ3n) is 6.55. The number of aryl methyl sites for hydroxylation is 1. The van der Waals surface area contributed by atoms with Crippen LogP contribution in [0.1, 0.15) is 35.5 Å². The minimum atomic E-state index is -3.20. The molecule has 0 spiro atoms. The molecule has 0 unspecified atom stereocenters. The van der Waals surface area contributed by atoms with E-state index < -0.39 is 10.0 Å². The molecule has 2 fully saturated rings. The second-order valence-corrected chi connectivity index (χ2v) is 11.2. The van der Waals surface area contributed by atoms with Gasteiger partial charge in [-0.25, -0.2) is 8.42 Å². The van der Waals surface area contributed by atoms with Gasteiger partial charge in [-0.15, -0.1) is 12.4 Å². The minimum Gasteiger partial charge on any atom is -0.463 e. The predicted molar refractivity (Wildman–Crippen MR) is 126 cm³/mol. The van der Waals surface area contributed by atoms with Crippen molar-refractivity contribution < 1.29 is 12.8 Å². The normalized spacial score (nSPS) is 19.4. The number of piperazine rings is 1. The molecule has 0 amide bonds. The van der Waals surface area contributed by atoms with Crippen LogP contribution in [0.2, 0.25) is 0 Å². The maximum absolute atomic E-state index is 11.6. The second kappa shape index (κ2) is 9.63. The van der Waals surface area contributed by atoms with Crippen LogP contribution < -0.4 is 0 Å². The van der Waals surface area contributed by atoms with Gasteiger partial charge in [-0.3, -0.25) is 9.80 Å². The van der Waals surface area contributed by atoms with Crippen LogP contribution in [0.5, 0.6) is 0 Å². The number of rotatable bonds is 8. The van der Waals surface area contributed by atoms with Crippen molar-refractivity contribution >= 4 is 22.4 Å². The van der Waals surface area contributed by atoms with Crippen molar-refractivity contribution in [3.05, 3.63) is 59.0 Å². The van der Waals surface area contributed by atoms with E-state index in [4.69, 9.17) is 4.42 Å². The van der Waals surface area contributed by atoms with E-state index in [9.17, 15) is 8.42 Å². The second-order valence-electron chi connectivity index (χ2n) is 9.09. The Balaban J connectivity index is 0.00000272. The maximum Gasteiger partial charge on any atom is 0.211 e. The molecule has 1 saturated heterocycles. The lowest BCUT2D eigenvalue weighted by Gasteiger charge is -2.36. The average molecular weight is 468 g/mol. The average Bonchev–Trinajstić information content (AvgIpc) is 3.35. The molecule has 2 aliphatic rings. The van der Waals surface area contributed by atoms with Gasteiger partial charge < -0.3 is 4.42 Å². The van der Waals surface area contributed by atoms with Gasteiger partial charge in [-0.2, -0.15) is 4.31 Å². The largest absolute Gasteiger partial charge is 0.463 e.